The van der Waals surface area contributed by atoms with Crippen LogP contribution in [0.15, 0.2) is 0 Å². The molecule has 4 aliphatic heterocycles. The topological polar surface area (TPSA) is 42.0 Å². The fraction of sp³-hybridized carbons (Fsp3) is 0.938. The average molecular weight is 294 g/mol. The van der Waals surface area contributed by atoms with Gasteiger partial charge < -0.3 is 14.4 Å². The van der Waals surface area contributed by atoms with Crippen molar-refractivity contribution in [1.82, 2.24) is 9.80 Å². The van der Waals surface area contributed by atoms with Crippen LogP contribution >= 0.6 is 0 Å². The van der Waals surface area contributed by atoms with Gasteiger partial charge in [-0.3, -0.25) is 9.69 Å². The molecule has 0 spiro atoms. The molecule has 21 heavy (non-hydrogen) atoms. The summed E-state index contributed by atoms with van der Waals surface area (Å²) in [5.74, 6) is 0.486. The first-order chi connectivity index (χ1) is 10.2. The Morgan fingerprint density at radius 1 is 1.10 bits per heavy atom. The van der Waals surface area contributed by atoms with E-state index in [0.717, 1.165) is 58.5 Å². The van der Waals surface area contributed by atoms with Gasteiger partial charge in [-0.2, -0.15) is 0 Å². The van der Waals surface area contributed by atoms with Crippen molar-refractivity contribution >= 4 is 5.91 Å². The molecule has 0 aliphatic carbocycles. The quantitative estimate of drug-likeness (QED) is 0.758. The standard InChI is InChI=1S/C16H26N2O3/c1-11-14(17-6-8-20-9-7-17)4-5-18(11)16(19)13-10-12-2-3-15(13)21-12/h11-15H,2-10H2,1H3/t11-,12-,13-,14-,15+/m1/s1. The highest BCUT2D eigenvalue weighted by atomic mass is 16.5. The Bertz CT molecular complexity index is 410. The Morgan fingerprint density at radius 2 is 1.90 bits per heavy atom. The third-order valence-corrected chi connectivity index (χ3v) is 5.94. The SMILES string of the molecule is C[C@@H]1[C@H](N2CCOCC2)CCN1C(=O)[C@@H]1C[C@H]2CC[C@@H]1O2. The fourth-order valence-corrected chi connectivity index (χ4v) is 4.74. The second-order valence-electron chi connectivity index (χ2n) is 6.99. The third-order valence-electron chi connectivity index (χ3n) is 5.94. The summed E-state index contributed by atoms with van der Waals surface area (Å²) in [6, 6.07) is 0.840. The van der Waals surface area contributed by atoms with E-state index in [1.165, 1.54) is 0 Å². The molecule has 2 bridgehead atoms. The molecular formula is C16H26N2O3. The lowest BCUT2D eigenvalue weighted by atomic mass is 9.88. The van der Waals surface area contributed by atoms with Gasteiger partial charge in [0.25, 0.3) is 0 Å². The van der Waals surface area contributed by atoms with Gasteiger partial charge in [-0.25, -0.2) is 0 Å². The molecule has 0 saturated carbocycles. The van der Waals surface area contributed by atoms with E-state index in [1.54, 1.807) is 0 Å². The number of carbonyl (C=O) groups is 1. The van der Waals surface area contributed by atoms with Crippen molar-refractivity contribution in [2.24, 2.45) is 5.92 Å². The van der Waals surface area contributed by atoms with Crippen molar-refractivity contribution < 1.29 is 14.3 Å². The predicted molar refractivity (Wildman–Crippen MR) is 78.0 cm³/mol. The molecule has 4 fully saturated rings. The maximum absolute atomic E-state index is 12.9. The zero-order valence-electron chi connectivity index (χ0n) is 12.9. The summed E-state index contributed by atoms with van der Waals surface area (Å²) in [4.78, 5) is 17.5. The van der Waals surface area contributed by atoms with Gasteiger partial charge in [0.05, 0.1) is 31.3 Å². The van der Waals surface area contributed by atoms with Crippen molar-refractivity contribution in [3.63, 3.8) is 0 Å². The molecule has 5 atom stereocenters. The molecular weight excluding hydrogens is 268 g/mol. The first kappa shape index (κ1) is 14.0. The highest BCUT2D eigenvalue weighted by Gasteiger charge is 2.48. The van der Waals surface area contributed by atoms with Crippen LogP contribution in [0.5, 0.6) is 0 Å². The van der Waals surface area contributed by atoms with E-state index in [-0.39, 0.29) is 12.0 Å². The van der Waals surface area contributed by atoms with E-state index in [4.69, 9.17) is 9.47 Å². The highest BCUT2D eigenvalue weighted by Crippen LogP contribution is 2.40. The molecule has 5 nitrogen and oxygen atoms in total. The minimum Gasteiger partial charge on any atom is -0.379 e. The molecule has 4 aliphatic rings. The molecule has 4 heterocycles. The summed E-state index contributed by atoms with van der Waals surface area (Å²) < 4.78 is 11.3. The largest absolute Gasteiger partial charge is 0.379 e. The number of morpholine rings is 1. The second kappa shape index (κ2) is 5.52. The molecule has 0 aromatic heterocycles. The van der Waals surface area contributed by atoms with Crippen LogP contribution in [0.2, 0.25) is 0 Å². The van der Waals surface area contributed by atoms with Crippen molar-refractivity contribution in [2.45, 2.75) is 56.9 Å². The molecule has 0 radical (unpaired) electrons. The van der Waals surface area contributed by atoms with Crippen LogP contribution in [-0.4, -0.2) is 72.8 Å². The minimum absolute atomic E-state index is 0.134. The van der Waals surface area contributed by atoms with Crippen LogP contribution < -0.4 is 0 Å². The summed E-state index contributed by atoms with van der Waals surface area (Å²) in [5, 5.41) is 0. The first-order valence-electron chi connectivity index (χ1n) is 8.52. The highest BCUT2D eigenvalue weighted by molar-refractivity contribution is 5.80. The summed E-state index contributed by atoms with van der Waals surface area (Å²) in [6.07, 6.45) is 4.86. The molecule has 5 heteroatoms. The van der Waals surface area contributed by atoms with E-state index in [1.807, 2.05) is 0 Å². The lowest BCUT2D eigenvalue weighted by molar-refractivity contribution is -0.138. The van der Waals surface area contributed by atoms with E-state index in [9.17, 15) is 4.79 Å². The maximum Gasteiger partial charge on any atom is 0.228 e. The fourth-order valence-electron chi connectivity index (χ4n) is 4.74. The van der Waals surface area contributed by atoms with Crippen molar-refractivity contribution in [2.75, 3.05) is 32.8 Å². The van der Waals surface area contributed by atoms with E-state index in [0.29, 0.717) is 24.1 Å². The van der Waals surface area contributed by atoms with Crippen LogP contribution in [-0.2, 0) is 14.3 Å². The zero-order chi connectivity index (χ0) is 14.4. The molecule has 0 N–H and O–H groups in total. The molecule has 4 saturated heterocycles. The lowest BCUT2D eigenvalue weighted by Gasteiger charge is -2.36. The zero-order valence-corrected chi connectivity index (χ0v) is 12.9. The summed E-state index contributed by atoms with van der Waals surface area (Å²) in [5.41, 5.74) is 0. The number of amides is 1. The third kappa shape index (κ3) is 2.39. The number of rotatable bonds is 2. The Balaban J connectivity index is 1.41. The smallest absolute Gasteiger partial charge is 0.228 e. The molecule has 118 valence electrons. The number of ether oxygens (including phenoxy) is 2. The Morgan fingerprint density at radius 3 is 2.57 bits per heavy atom. The summed E-state index contributed by atoms with van der Waals surface area (Å²) in [7, 11) is 0. The molecule has 1 amide bonds. The monoisotopic (exact) mass is 294 g/mol. The second-order valence-corrected chi connectivity index (χ2v) is 6.99. The Kier molecular flexibility index (Phi) is 3.67. The molecule has 0 aromatic carbocycles. The van der Waals surface area contributed by atoms with Gasteiger partial charge in [-0.1, -0.05) is 0 Å². The van der Waals surface area contributed by atoms with Gasteiger partial charge in [0.15, 0.2) is 0 Å². The summed E-state index contributed by atoms with van der Waals surface area (Å²) >= 11 is 0. The average Bonchev–Trinajstić information content (AvgIpc) is 3.22. The maximum atomic E-state index is 12.9. The Hall–Kier alpha value is -0.650. The number of carbonyl (C=O) groups excluding carboxylic acids is 1. The van der Waals surface area contributed by atoms with E-state index in [2.05, 4.69) is 16.7 Å². The number of hydrogen-bond donors (Lipinski definition) is 0. The van der Waals surface area contributed by atoms with Gasteiger partial charge in [-0.15, -0.1) is 0 Å². The van der Waals surface area contributed by atoms with Crippen LogP contribution in [0.4, 0.5) is 0 Å². The number of fused-ring (bicyclic) bond motifs is 2. The number of hydrogen-bond acceptors (Lipinski definition) is 4. The van der Waals surface area contributed by atoms with Gasteiger partial charge in [0.1, 0.15) is 0 Å². The van der Waals surface area contributed by atoms with Crippen molar-refractivity contribution in [3.8, 4) is 0 Å². The summed E-state index contributed by atoms with van der Waals surface area (Å²) in [6.45, 7) is 6.81. The van der Waals surface area contributed by atoms with Crippen LogP contribution in [0.25, 0.3) is 0 Å². The molecule has 0 unspecified atom stereocenters. The normalized spacial score (nSPS) is 43.7. The van der Waals surface area contributed by atoms with Crippen LogP contribution in [0.1, 0.15) is 32.6 Å². The van der Waals surface area contributed by atoms with Crippen molar-refractivity contribution in [1.29, 1.82) is 0 Å². The van der Waals surface area contributed by atoms with E-state index < -0.39 is 0 Å². The van der Waals surface area contributed by atoms with Crippen molar-refractivity contribution in [3.05, 3.63) is 0 Å². The van der Waals surface area contributed by atoms with Crippen LogP contribution in [0, 0.1) is 5.92 Å². The molecule has 0 aromatic rings. The van der Waals surface area contributed by atoms with Gasteiger partial charge >= 0.3 is 0 Å². The molecule has 4 rings (SSSR count). The number of nitrogens with zero attached hydrogens (tertiary/aromatic N) is 2. The lowest BCUT2D eigenvalue weighted by Crippen LogP contribution is -2.50. The predicted octanol–water partition coefficient (Wildman–Crippen LogP) is 0.875. The van der Waals surface area contributed by atoms with Gasteiger partial charge in [0.2, 0.25) is 5.91 Å². The Labute approximate surface area is 126 Å². The van der Waals surface area contributed by atoms with E-state index >= 15 is 0 Å². The van der Waals surface area contributed by atoms with Gasteiger partial charge in [-0.05, 0) is 32.6 Å². The number of likely N-dealkylation sites (tertiary alicyclic amines) is 1. The van der Waals surface area contributed by atoms with Crippen LogP contribution in [0.3, 0.4) is 0 Å². The first-order valence-corrected chi connectivity index (χ1v) is 8.52. The minimum atomic E-state index is 0.134. The van der Waals surface area contributed by atoms with Gasteiger partial charge in [0, 0.05) is 31.7 Å².